The van der Waals surface area contributed by atoms with Crippen molar-refractivity contribution in [1.82, 2.24) is 9.55 Å². The van der Waals surface area contributed by atoms with Gasteiger partial charge in [0.25, 0.3) is 0 Å². The van der Waals surface area contributed by atoms with E-state index in [-0.39, 0.29) is 23.3 Å². The SMILES string of the molecule is CSc1cc(F)c(Cn2c3cc(F)c(C)cc3c3c4cccnc4oc(=O)c32)cc1C#N. The molecule has 0 atom stereocenters. The molecule has 3 heterocycles. The molecule has 2 aromatic carbocycles. The van der Waals surface area contributed by atoms with Crippen molar-refractivity contribution in [2.45, 2.75) is 18.4 Å². The lowest BCUT2D eigenvalue weighted by Gasteiger charge is -2.11. The summed E-state index contributed by atoms with van der Waals surface area (Å²) in [5.74, 6) is -0.952. The molecule has 5 aromatic rings. The molecule has 0 radical (unpaired) electrons. The summed E-state index contributed by atoms with van der Waals surface area (Å²) in [4.78, 5) is 17.6. The highest BCUT2D eigenvalue weighted by Crippen LogP contribution is 2.35. The summed E-state index contributed by atoms with van der Waals surface area (Å²) >= 11 is 1.27. The third-order valence-electron chi connectivity index (χ3n) is 5.58. The van der Waals surface area contributed by atoms with Crippen molar-refractivity contribution >= 4 is 44.7 Å². The quantitative estimate of drug-likeness (QED) is 0.340. The fourth-order valence-corrected chi connectivity index (χ4v) is 4.62. The molecule has 0 saturated carbocycles. The fourth-order valence-electron chi connectivity index (χ4n) is 4.07. The molecule has 0 amide bonds. The molecule has 0 aliphatic rings. The number of pyridine rings is 1. The third-order valence-corrected chi connectivity index (χ3v) is 6.36. The molecular formula is C24H15F2N3O2S. The van der Waals surface area contributed by atoms with E-state index in [1.165, 1.54) is 36.2 Å². The second kappa shape index (κ2) is 7.46. The Kier molecular flexibility index (Phi) is 4.72. The Morgan fingerprint density at radius 2 is 2.00 bits per heavy atom. The van der Waals surface area contributed by atoms with Crippen molar-refractivity contribution in [3.8, 4) is 6.07 Å². The number of hydrogen-bond donors (Lipinski definition) is 0. The lowest BCUT2D eigenvalue weighted by molar-refractivity contribution is 0.552. The van der Waals surface area contributed by atoms with Crippen LogP contribution in [0.25, 0.3) is 32.9 Å². The zero-order valence-corrected chi connectivity index (χ0v) is 17.9. The zero-order valence-electron chi connectivity index (χ0n) is 17.1. The molecule has 0 fully saturated rings. The summed E-state index contributed by atoms with van der Waals surface area (Å²) in [5.41, 5.74) is 1.11. The Labute approximate surface area is 184 Å². The van der Waals surface area contributed by atoms with Gasteiger partial charge in [0.1, 0.15) is 23.2 Å². The van der Waals surface area contributed by atoms with E-state index < -0.39 is 17.3 Å². The van der Waals surface area contributed by atoms with Crippen LogP contribution in [-0.4, -0.2) is 15.8 Å². The van der Waals surface area contributed by atoms with Crippen molar-refractivity contribution in [1.29, 1.82) is 5.26 Å². The lowest BCUT2D eigenvalue weighted by Crippen LogP contribution is -2.10. The predicted molar refractivity (Wildman–Crippen MR) is 120 cm³/mol. The van der Waals surface area contributed by atoms with Crippen molar-refractivity contribution in [2.24, 2.45) is 0 Å². The van der Waals surface area contributed by atoms with Crippen LogP contribution in [0.4, 0.5) is 8.78 Å². The van der Waals surface area contributed by atoms with Crippen LogP contribution in [0.5, 0.6) is 0 Å². The van der Waals surface area contributed by atoms with Crippen LogP contribution in [0.3, 0.4) is 0 Å². The summed E-state index contributed by atoms with van der Waals surface area (Å²) < 4.78 is 36.5. The number of fused-ring (bicyclic) bond motifs is 5. The van der Waals surface area contributed by atoms with E-state index in [0.717, 1.165) is 0 Å². The molecule has 0 aliphatic heterocycles. The van der Waals surface area contributed by atoms with E-state index in [1.54, 1.807) is 35.9 Å². The molecule has 3 aromatic heterocycles. The third kappa shape index (κ3) is 2.97. The summed E-state index contributed by atoms with van der Waals surface area (Å²) in [6, 6.07) is 11.4. The van der Waals surface area contributed by atoms with Crippen molar-refractivity contribution in [2.75, 3.05) is 6.26 Å². The first-order chi connectivity index (χ1) is 15.4. The molecule has 0 aliphatic carbocycles. The lowest BCUT2D eigenvalue weighted by atomic mass is 10.1. The number of rotatable bonds is 3. The number of thioether (sulfide) groups is 1. The van der Waals surface area contributed by atoms with Gasteiger partial charge in [-0.3, -0.25) is 0 Å². The Hall–Kier alpha value is -3.70. The highest BCUT2D eigenvalue weighted by Gasteiger charge is 2.21. The van der Waals surface area contributed by atoms with Crippen molar-refractivity contribution < 1.29 is 13.2 Å². The normalized spacial score (nSPS) is 11.5. The maximum Gasteiger partial charge on any atom is 0.362 e. The molecule has 0 saturated heterocycles. The van der Waals surface area contributed by atoms with Gasteiger partial charge in [0, 0.05) is 32.8 Å². The Bertz CT molecular complexity index is 1660. The van der Waals surface area contributed by atoms with Crippen LogP contribution in [0.1, 0.15) is 16.7 Å². The maximum atomic E-state index is 14.9. The van der Waals surface area contributed by atoms with Gasteiger partial charge in [0.2, 0.25) is 5.71 Å². The van der Waals surface area contributed by atoms with Gasteiger partial charge in [-0.15, -0.1) is 11.8 Å². The molecular weight excluding hydrogens is 432 g/mol. The van der Waals surface area contributed by atoms with Gasteiger partial charge in [-0.1, -0.05) is 0 Å². The van der Waals surface area contributed by atoms with Crippen LogP contribution in [0, 0.1) is 29.9 Å². The number of hydrogen-bond acceptors (Lipinski definition) is 5. The smallest absolute Gasteiger partial charge is 0.362 e. The molecule has 8 heteroatoms. The highest BCUT2D eigenvalue weighted by molar-refractivity contribution is 7.98. The Balaban J connectivity index is 1.90. The van der Waals surface area contributed by atoms with Crippen molar-refractivity contribution in [3.63, 3.8) is 0 Å². The van der Waals surface area contributed by atoms with Gasteiger partial charge in [-0.05, 0) is 55.1 Å². The van der Waals surface area contributed by atoms with E-state index in [2.05, 4.69) is 11.1 Å². The van der Waals surface area contributed by atoms with Gasteiger partial charge in [0.15, 0.2) is 0 Å². The molecule has 0 unspecified atom stereocenters. The average Bonchev–Trinajstić information content (AvgIpc) is 3.09. The fraction of sp³-hybridized carbons (Fsp3) is 0.125. The summed E-state index contributed by atoms with van der Waals surface area (Å²) in [7, 11) is 0. The van der Waals surface area contributed by atoms with Crippen LogP contribution >= 0.6 is 11.8 Å². The Morgan fingerprint density at radius 3 is 2.75 bits per heavy atom. The first-order valence-corrected chi connectivity index (χ1v) is 10.9. The molecule has 158 valence electrons. The second-order valence-corrected chi connectivity index (χ2v) is 8.28. The van der Waals surface area contributed by atoms with Gasteiger partial charge < -0.3 is 8.98 Å². The number of nitrogens with zero attached hydrogens (tertiary/aromatic N) is 3. The standard InChI is InChI=1S/C24H15F2N3O2S/c1-12-6-16-19(8-17(12)25)29(11-14-7-13(10-27)20(32-2)9-18(14)26)22-21(16)15-4-3-5-28-23(15)31-24(22)30/h3-9H,11H2,1-2H3. The average molecular weight is 447 g/mol. The van der Waals surface area contributed by atoms with Crippen molar-refractivity contribution in [3.05, 3.63) is 81.3 Å². The minimum atomic E-state index is -0.651. The van der Waals surface area contributed by atoms with Gasteiger partial charge in [-0.25, -0.2) is 18.6 Å². The number of benzene rings is 2. The summed E-state index contributed by atoms with van der Waals surface area (Å²) in [5, 5.41) is 11.3. The van der Waals surface area contributed by atoms with Gasteiger partial charge in [0.05, 0.1) is 17.6 Å². The molecule has 0 N–H and O–H groups in total. The number of nitriles is 1. The minimum absolute atomic E-state index is 0.0752. The largest absolute Gasteiger partial charge is 0.402 e. The van der Waals surface area contributed by atoms with Crippen LogP contribution in [0.2, 0.25) is 0 Å². The van der Waals surface area contributed by atoms with E-state index in [4.69, 9.17) is 4.42 Å². The van der Waals surface area contributed by atoms with E-state index in [9.17, 15) is 18.8 Å². The number of aryl methyl sites for hydroxylation is 1. The molecule has 0 spiro atoms. The summed E-state index contributed by atoms with van der Waals surface area (Å²) in [6.07, 6.45) is 3.28. The van der Waals surface area contributed by atoms with Crippen LogP contribution in [-0.2, 0) is 6.54 Å². The zero-order chi connectivity index (χ0) is 22.6. The van der Waals surface area contributed by atoms with Crippen LogP contribution < -0.4 is 5.63 Å². The molecule has 5 rings (SSSR count). The first-order valence-electron chi connectivity index (χ1n) is 9.69. The Morgan fingerprint density at radius 1 is 1.19 bits per heavy atom. The number of halogens is 2. The van der Waals surface area contributed by atoms with E-state index in [1.807, 2.05) is 0 Å². The predicted octanol–water partition coefficient (Wildman–Crippen LogP) is 5.52. The monoisotopic (exact) mass is 447 g/mol. The topological polar surface area (TPSA) is 71.8 Å². The summed E-state index contributed by atoms with van der Waals surface area (Å²) in [6.45, 7) is 1.57. The number of aromatic nitrogens is 2. The molecule has 32 heavy (non-hydrogen) atoms. The van der Waals surface area contributed by atoms with E-state index >= 15 is 0 Å². The van der Waals surface area contributed by atoms with Gasteiger partial charge in [-0.2, -0.15) is 5.26 Å². The first kappa shape index (κ1) is 20.2. The van der Waals surface area contributed by atoms with Crippen LogP contribution in [0.15, 0.2) is 56.7 Å². The highest BCUT2D eigenvalue weighted by atomic mass is 32.2. The molecule has 0 bridgehead atoms. The van der Waals surface area contributed by atoms with Gasteiger partial charge >= 0.3 is 5.63 Å². The second-order valence-electron chi connectivity index (χ2n) is 7.43. The minimum Gasteiger partial charge on any atom is -0.402 e. The maximum absolute atomic E-state index is 14.9. The van der Waals surface area contributed by atoms with E-state index in [0.29, 0.717) is 37.7 Å². The molecule has 5 nitrogen and oxygen atoms in total.